The van der Waals surface area contributed by atoms with Crippen molar-refractivity contribution in [3.05, 3.63) is 0 Å². The third kappa shape index (κ3) is 7.63. The summed E-state index contributed by atoms with van der Waals surface area (Å²) < 4.78 is 0. The van der Waals surface area contributed by atoms with Gasteiger partial charge in [0, 0.05) is 35.1 Å². The highest BCUT2D eigenvalue weighted by Gasteiger charge is 2.17. The van der Waals surface area contributed by atoms with Gasteiger partial charge in [-0.3, -0.25) is 0 Å². The Morgan fingerprint density at radius 1 is 1.06 bits per heavy atom. The summed E-state index contributed by atoms with van der Waals surface area (Å²) >= 11 is 4.28. The first-order valence-electron chi connectivity index (χ1n) is 7.00. The van der Waals surface area contributed by atoms with Crippen LogP contribution in [0.3, 0.4) is 0 Å². The van der Waals surface area contributed by atoms with Gasteiger partial charge in [0.25, 0.3) is 0 Å². The Labute approximate surface area is 116 Å². The Morgan fingerprint density at radius 3 is 2.18 bits per heavy atom. The molecule has 0 saturated carbocycles. The summed E-state index contributed by atoms with van der Waals surface area (Å²) in [6, 6.07) is 0.725. The van der Waals surface area contributed by atoms with E-state index in [4.69, 9.17) is 0 Å². The molecule has 1 nitrogen and oxygen atoms in total. The normalized spacial score (nSPS) is 21.7. The largest absolute Gasteiger partial charge is 0.313 e. The molecule has 1 aliphatic heterocycles. The van der Waals surface area contributed by atoms with Gasteiger partial charge in [-0.15, -0.1) is 0 Å². The van der Waals surface area contributed by atoms with E-state index in [9.17, 15) is 0 Å². The Morgan fingerprint density at radius 2 is 1.71 bits per heavy atom. The average Bonchev–Trinajstić information content (AvgIpc) is 2.26. The number of hydrogen-bond acceptors (Lipinski definition) is 3. The first-order valence-corrected chi connectivity index (χ1v) is 9.21. The van der Waals surface area contributed by atoms with Gasteiger partial charge in [0.15, 0.2) is 0 Å². The molecule has 1 atom stereocenters. The molecule has 1 rings (SSSR count). The van der Waals surface area contributed by atoms with E-state index in [1.807, 2.05) is 0 Å². The first-order chi connectivity index (χ1) is 8.08. The summed E-state index contributed by atoms with van der Waals surface area (Å²) in [4.78, 5) is 0. The van der Waals surface area contributed by atoms with Gasteiger partial charge < -0.3 is 5.32 Å². The Kier molecular flexibility index (Phi) is 8.05. The molecule has 0 aromatic carbocycles. The smallest absolute Gasteiger partial charge is 0.0263 e. The van der Waals surface area contributed by atoms with E-state index in [-0.39, 0.29) is 0 Å². The fourth-order valence-electron chi connectivity index (χ4n) is 2.35. The average molecular weight is 276 g/mol. The van der Waals surface area contributed by atoms with Crippen molar-refractivity contribution in [1.29, 1.82) is 0 Å². The molecule has 0 aromatic heterocycles. The minimum Gasteiger partial charge on any atom is -0.313 e. The van der Waals surface area contributed by atoms with Crippen LogP contribution in [-0.4, -0.2) is 35.1 Å². The molecule has 1 saturated heterocycles. The van der Waals surface area contributed by atoms with Crippen LogP contribution in [0.4, 0.5) is 0 Å². The van der Waals surface area contributed by atoms with Crippen LogP contribution in [-0.2, 0) is 0 Å². The molecule has 0 bridgehead atoms. The van der Waals surface area contributed by atoms with Gasteiger partial charge in [0.1, 0.15) is 0 Å². The van der Waals surface area contributed by atoms with Crippen molar-refractivity contribution in [2.45, 2.75) is 51.8 Å². The number of hydrogen-bond donors (Lipinski definition) is 1. The lowest BCUT2D eigenvalue weighted by atomic mass is 9.95. The summed E-state index contributed by atoms with van der Waals surface area (Å²) in [7, 11) is 0. The Hall–Kier alpha value is 0.660. The van der Waals surface area contributed by atoms with E-state index in [0.717, 1.165) is 23.1 Å². The van der Waals surface area contributed by atoms with Crippen molar-refractivity contribution in [3.63, 3.8) is 0 Å². The lowest BCUT2D eigenvalue weighted by Crippen LogP contribution is -2.38. The van der Waals surface area contributed by atoms with Crippen molar-refractivity contribution in [2.24, 2.45) is 11.8 Å². The van der Waals surface area contributed by atoms with Crippen LogP contribution in [0.1, 0.15) is 40.5 Å². The zero-order valence-corrected chi connectivity index (χ0v) is 13.5. The molecule has 102 valence electrons. The van der Waals surface area contributed by atoms with Crippen LogP contribution >= 0.6 is 23.5 Å². The zero-order valence-electron chi connectivity index (χ0n) is 11.9. The fourth-order valence-corrected chi connectivity index (χ4v) is 4.98. The molecule has 0 aromatic rings. The van der Waals surface area contributed by atoms with Crippen LogP contribution in [0, 0.1) is 11.8 Å². The third-order valence-electron chi connectivity index (χ3n) is 3.03. The second kappa shape index (κ2) is 8.71. The van der Waals surface area contributed by atoms with Gasteiger partial charge in [-0.2, -0.15) is 23.5 Å². The molecule has 0 aliphatic carbocycles. The summed E-state index contributed by atoms with van der Waals surface area (Å²) in [5.41, 5.74) is 0. The summed E-state index contributed by atoms with van der Waals surface area (Å²) in [6.07, 6.45) is 2.64. The van der Waals surface area contributed by atoms with Crippen LogP contribution in [0.15, 0.2) is 0 Å². The quantitative estimate of drug-likeness (QED) is 0.757. The van der Waals surface area contributed by atoms with Crippen LogP contribution in [0.5, 0.6) is 0 Å². The van der Waals surface area contributed by atoms with Crippen molar-refractivity contribution in [3.8, 4) is 0 Å². The SMILES string of the molecule is CC(C)CC(CC(C)C)NCC1CSCCS1. The fraction of sp³-hybridized carbons (Fsp3) is 1.00. The molecule has 1 fully saturated rings. The standard InChI is InChI=1S/C14H29NS2/c1-11(2)7-13(8-12(3)4)15-9-14-10-16-5-6-17-14/h11-15H,5-10H2,1-4H3. The van der Waals surface area contributed by atoms with Gasteiger partial charge >= 0.3 is 0 Å². The van der Waals surface area contributed by atoms with Crippen molar-refractivity contribution in [2.75, 3.05) is 23.8 Å². The highest BCUT2D eigenvalue weighted by Crippen LogP contribution is 2.24. The second-order valence-corrected chi connectivity index (χ2v) is 8.49. The maximum Gasteiger partial charge on any atom is 0.0263 e. The maximum atomic E-state index is 3.82. The lowest BCUT2D eigenvalue weighted by Gasteiger charge is -2.27. The molecular formula is C14H29NS2. The van der Waals surface area contributed by atoms with E-state index in [1.165, 1.54) is 36.6 Å². The summed E-state index contributed by atoms with van der Waals surface area (Å²) in [5.74, 6) is 5.64. The molecule has 1 unspecified atom stereocenters. The zero-order chi connectivity index (χ0) is 12.7. The summed E-state index contributed by atoms with van der Waals surface area (Å²) in [5, 5.41) is 4.66. The monoisotopic (exact) mass is 275 g/mol. The van der Waals surface area contributed by atoms with Crippen molar-refractivity contribution in [1.82, 2.24) is 5.32 Å². The molecule has 1 heterocycles. The molecular weight excluding hydrogens is 246 g/mol. The Balaban J connectivity index is 2.26. The maximum absolute atomic E-state index is 3.82. The van der Waals surface area contributed by atoms with Crippen LogP contribution < -0.4 is 5.32 Å². The van der Waals surface area contributed by atoms with E-state index in [2.05, 4.69) is 56.5 Å². The van der Waals surface area contributed by atoms with Crippen molar-refractivity contribution < 1.29 is 0 Å². The minimum absolute atomic E-state index is 0.725. The van der Waals surface area contributed by atoms with Gasteiger partial charge in [-0.05, 0) is 24.7 Å². The number of rotatable bonds is 7. The molecule has 3 heteroatoms. The second-order valence-electron chi connectivity index (χ2n) is 5.93. The Bertz CT molecular complexity index is 179. The van der Waals surface area contributed by atoms with Gasteiger partial charge in [0.05, 0.1) is 0 Å². The van der Waals surface area contributed by atoms with Gasteiger partial charge in [0.2, 0.25) is 0 Å². The molecule has 1 N–H and O–H groups in total. The third-order valence-corrected chi connectivity index (χ3v) is 5.88. The first kappa shape index (κ1) is 15.7. The summed E-state index contributed by atoms with van der Waals surface area (Å²) in [6.45, 7) is 10.5. The predicted octanol–water partition coefficient (Wildman–Crippen LogP) is 3.89. The molecule has 0 radical (unpaired) electrons. The predicted molar refractivity (Wildman–Crippen MR) is 84.3 cm³/mol. The molecule has 0 amide bonds. The molecule has 0 spiro atoms. The van der Waals surface area contributed by atoms with Crippen LogP contribution in [0.2, 0.25) is 0 Å². The van der Waals surface area contributed by atoms with E-state index in [0.29, 0.717) is 0 Å². The van der Waals surface area contributed by atoms with E-state index < -0.39 is 0 Å². The molecule has 1 aliphatic rings. The van der Waals surface area contributed by atoms with E-state index >= 15 is 0 Å². The highest BCUT2D eigenvalue weighted by molar-refractivity contribution is 8.06. The highest BCUT2D eigenvalue weighted by atomic mass is 32.2. The van der Waals surface area contributed by atoms with Gasteiger partial charge in [-0.25, -0.2) is 0 Å². The lowest BCUT2D eigenvalue weighted by molar-refractivity contribution is 0.362. The van der Waals surface area contributed by atoms with Gasteiger partial charge in [-0.1, -0.05) is 27.7 Å². The number of thioether (sulfide) groups is 2. The van der Waals surface area contributed by atoms with Crippen LogP contribution in [0.25, 0.3) is 0 Å². The molecule has 17 heavy (non-hydrogen) atoms. The number of nitrogens with one attached hydrogen (secondary N) is 1. The van der Waals surface area contributed by atoms with E-state index in [1.54, 1.807) is 0 Å². The van der Waals surface area contributed by atoms with Crippen molar-refractivity contribution >= 4 is 23.5 Å². The minimum atomic E-state index is 0.725. The topological polar surface area (TPSA) is 12.0 Å².